The van der Waals surface area contributed by atoms with E-state index in [0.717, 1.165) is 6.07 Å². The molecule has 1 aliphatic rings. The molecule has 6 nitrogen and oxygen atoms in total. The Morgan fingerprint density at radius 1 is 1.24 bits per heavy atom. The molecule has 1 unspecified atom stereocenters. The monoisotopic (exact) mass is 364 g/mol. The SMILES string of the molecule is CC(Oc1ccc(F)cc1Cl)C(=O)N1CCN(c2ncccn2)CC1. The maximum absolute atomic E-state index is 13.1. The highest BCUT2D eigenvalue weighted by molar-refractivity contribution is 6.32. The fourth-order valence-corrected chi connectivity index (χ4v) is 2.86. The molecule has 8 heteroatoms. The van der Waals surface area contributed by atoms with E-state index in [1.54, 1.807) is 30.3 Å². The Morgan fingerprint density at radius 3 is 2.56 bits per heavy atom. The number of aromatic nitrogens is 2. The topological polar surface area (TPSA) is 58.6 Å². The first kappa shape index (κ1) is 17.4. The van der Waals surface area contributed by atoms with Crippen molar-refractivity contribution in [3.05, 3.63) is 47.5 Å². The molecule has 1 amide bonds. The zero-order valence-electron chi connectivity index (χ0n) is 13.7. The van der Waals surface area contributed by atoms with Gasteiger partial charge < -0.3 is 14.5 Å². The van der Waals surface area contributed by atoms with Crippen molar-refractivity contribution < 1.29 is 13.9 Å². The summed E-state index contributed by atoms with van der Waals surface area (Å²) in [5.41, 5.74) is 0. The number of amides is 1. The summed E-state index contributed by atoms with van der Waals surface area (Å²) < 4.78 is 18.7. The number of nitrogens with zero attached hydrogens (tertiary/aromatic N) is 4. The lowest BCUT2D eigenvalue weighted by Gasteiger charge is -2.35. The zero-order chi connectivity index (χ0) is 17.8. The molecule has 1 fully saturated rings. The van der Waals surface area contributed by atoms with Gasteiger partial charge in [-0.25, -0.2) is 14.4 Å². The smallest absolute Gasteiger partial charge is 0.263 e. The summed E-state index contributed by atoms with van der Waals surface area (Å²) in [6.45, 7) is 4.08. The van der Waals surface area contributed by atoms with Gasteiger partial charge in [-0.15, -0.1) is 0 Å². The molecule has 0 aliphatic carbocycles. The molecular weight excluding hydrogens is 347 g/mol. The molecule has 0 spiro atoms. The number of benzene rings is 1. The van der Waals surface area contributed by atoms with Crippen LogP contribution in [0.4, 0.5) is 10.3 Å². The van der Waals surface area contributed by atoms with Gasteiger partial charge in [0, 0.05) is 38.6 Å². The van der Waals surface area contributed by atoms with Crippen LogP contribution in [0.5, 0.6) is 5.75 Å². The van der Waals surface area contributed by atoms with Gasteiger partial charge in [-0.1, -0.05) is 11.6 Å². The van der Waals surface area contributed by atoms with Gasteiger partial charge in [-0.2, -0.15) is 0 Å². The molecule has 1 atom stereocenters. The third-order valence-corrected chi connectivity index (χ3v) is 4.27. The van der Waals surface area contributed by atoms with Crippen LogP contribution in [0, 0.1) is 5.82 Å². The van der Waals surface area contributed by atoms with E-state index in [0.29, 0.717) is 37.9 Å². The van der Waals surface area contributed by atoms with Crippen molar-refractivity contribution in [3.63, 3.8) is 0 Å². The molecule has 132 valence electrons. The van der Waals surface area contributed by atoms with Gasteiger partial charge in [0.05, 0.1) is 5.02 Å². The average Bonchev–Trinajstić information content (AvgIpc) is 2.64. The van der Waals surface area contributed by atoms with Crippen molar-refractivity contribution in [2.24, 2.45) is 0 Å². The molecule has 0 radical (unpaired) electrons. The molecule has 0 saturated carbocycles. The molecule has 1 aromatic carbocycles. The quantitative estimate of drug-likeness (QED) is 0.833. The zero-order valence-corrected chi connectivity index (χ0v) is 14.5. The van der Waals surface area contributed by atoms with E-state index in [1.165, 1.54) is 12.1 Å². The van der Waals surface area contributed by atoms with Crippen molar-refractivity contribution in [3.8, 4) is 5.75 Å². The molecule has 1 aliphatic heterocycles. The van der Waals surface area contributed by atoms with Gasteiger partial charge in [-0.3, -0.25) is 4.79 Å². The first-order valence-electron chi connectivity index (χ1n) is 7.97. The van der Waals surface area contributed by atoms with Crippen LogP contribution in [0.2, 0.25) is 5.02 Å². The van der Waals surface area contributed by atoms with Crippen molar-refractivity contribution in [1.82, 2.24) is 14.9 Å². The molecule has 2 heterocycles. The second-order valence-corrected chi connectivity index (χ2v) is 6.10. The summed E-state index contributed by atoms with van der Waals surface area (Å²) in [5.74, 6) is 0.377. The molecule has 0 bridgehead atoms. The molecule has 3 rings (SSSR count). The third-order valence-electron chi connectivity index (χ3n) is 3.97. The van der Waals surface area contributed by atoms with Crippen LogP contribution in [-0.4, -0.2) is 53.1 Å². The van der Waals surface area contributed by atoms with Crippen LogP contribution in [0.1, 0.15) is 6.92 Å². The predicted octanol–water partition coefficient (Wildman–Crippen LogP) is 2.39. The van der Waals surface area contributed by atoms with Crippen molar-refractivity contribution in [2.75, 3.05) is 31.1 Å². The summed E-state index contributed by atoms with van der Waals surface area (Å²) in [5, 5.41) is 0.144. The lowest BCUT2D eigenvalue weighted by molar-refractivity contribution is -0.138. The van der Waals surface area contributed by atoms with Crippen molar-refractivity contribution in [1.29, 1.82) is 0 Å². The Kier molecular flexibility index (Phi) is 5.33. The Bertz CT molecular complexity index is 739. The highest BCUT2D eigenvalue weighted by atomic mass is 35.5. The predicted molar refractivity (Wildman–Crippen MR) is 92.3 cm³/mol. The van der Waals surface area contributed by atoms with Crippen LogP contribution in [-0.2, 0) is 4.79 Å². The summed E-state index contributed by atoms with van der Waals surface area (Å²) in [4.78, 5) is 24.8. The normalized spacial score (nSPS) is 15.8. The van der Waals surface area contributed by atoms with Crippen LogP contribution in [0.25, 0.3) is 0 Å². The lowest BCUT2D eigenvalue weighted by Crippen LogP contribution is -2.52. The minimum atomic E-state index is -0.706. The first-order chi connectivity index (χ1) is 12.0. The van der Waals surface area contributed by atoms with Gasteiger partial charge in [0.2, 0.25) is 5.95 Å². The van der Waals surface area contributed by atoms with E-state index in [9.17, 15) is 9.18 Å². The number of hydrogen-bond acceptors (Lipinski definition) is 5. The largest absolute Gasteiger partial charge is 0.479 e. The molecule has 0 N–H and O–H groups in total. The van der Waals surface area contributed by atoms with E-state index in [1.807, 2.05) is 4.90 Å². The number of rotatable bonds is 4. The molecular formula is C17H18ClFN4O2. The highest BCUT2D eigenvalue weighted by Crippen LogP contribution is 2.26. The number of anilines is 1. The Morgan fingerprint density at radius 2 is 1.92 bits per heavy atom. The van der Waals surface area contributed by atoms with Gasteiger partial charge in [0.25, 0.3) is 5.91 Å². The molecule has 25 heavy (non-hydrogen) atoms. The Hall–Kier alpha value is -2.41. The number of ether oxygens (including phenoxy) is 1. The Labute approximate surface area is 150 Å². The van der Waals surface area contributed by atoms with Crippen LogP contribution < -0.4 is 9.64 Å². The van der Waals surface area contributed by atoms with Crippen LogP contribution >= 0.6 is 11.6 Å². The number of hydrogen-bond donors (Lipinski definition) is 0. The molecule has 1 aromatic heterocycles. The van der Waals surface area contributed by atoms with E-state index in [2.05, 4.69) is 9.97 Å². The van der Waals surface area contributed by atoms with Crippen LogP contribution in [0.3, 0.4) is 0 Å². The molecule has 2 aromatic rings. The minimum absolute atomic E-state index is 0.131. The highest BCUT2D eigenvalue weighted by Gasteiger charge is 2.27. The summed E-state index contributed by atoms with van der Waals surface area (Å²) in [6.07, 6.45) is 2.69. The third kappa shape index (κ3) is 4.17. The van der Waals surface area contributed by atoms with Crippen molar-refractivity contribution >= 4 is 23.5 Å². The number of carbonyl (C=O) groups excluding carboxylic acids is 1. The lowest BCUT2D eigenvalue weighted by atomic mass is 10.2. The maximum Gasteiger partial charge on any atom is 0.263 e. The summed E-state index contributed by atoms with van der Waals surface area (Å²) in [6, 6.07) is 5.60. The number of piperazine rings is 1. The van der Waals surface area contributed by atoms with Gasteiger partial charge in [0.15, 0.2) is 6.10 Å². The van der Waals surface area contributed by atoms with Gasteiger partial charge in [-0.05, 0) is 31.2 Å². The second kappa shape index (κ2) is 7.65. The second-order valence-electron chi connectivity index (χ2n) is 5.70. The summed E-state index contributed by atoms with van der Waals surface area (Å²) in [7, 11) is 0. The first-order valence-corrected chi connectivity index (χ1v) is 8.35. The fourth-order valence-electron chi connectivity index (χ4n) is 2.65. The van der Waals surface area contributed by atoms with E-state index in [-0.39, 0.29) is 10.9 Å². The van der Waals surface area contributed by atoms with Crippen molar-refractivity contribution in [2.45, 2.75) is 13.0 Å². The number of carbonyl (C=O) groups is 1. The van der Waals surface area contributed by atoms with E-state index >= 15 is 0 Å². The van der Waals surface area contributed by atoms with Gasteiger partial charge >= 0.3 is 0 Å². The molecule has 1 saturated heterocycles. The fraction of sp³-hybridized carbons (Fsp3) is 0.353. The van der Waals surface area contributed by atoms with E-state index < -0.39 is 11.9 Å². The number of halogens is 2. The average molecular weight is 365 g/mol. The van der Waals surface area contributed by atoms with Crippen LogP contribution in [0.15, 0.2) is 36.7 Å². The Balaban J connectivity index is 1.56. The maximum atomic E-state index is 13.1. The van der Waals surface area contributed by atoms with E-state index in [4.69, 9.17) is 16.3 Å². The summed E-state index contributed by atoms with van der Waals surface area (Å²) >= 11 is 5.94. The minimum Gasteiger partial charge on any atom is -0.479 e. The van der Waals surface area contributed by atoms with Gasteiger partial charge in [0.1, 0.15) is 11.6 Å². The standard InChI is InChI=1S/C17H18ClFN4O2/c1-12(25-15-4-3-13(19)11-14(15)18)16(24)22-7-9-23(10-8-22)17-20-5-2-6-21-17/h2-6,11-12H,7-10H2,1H3.